The Hall–Kier alpha value is -1.89. The summed E-state index contributed by atoms with van der Waals surface area (Å²) < 4.78 is 28.0. The molecule has 1 aliphatic rings. The monoisotopic (exact) mass is 374 g/mol. The minimum atomic E-state index is -0.390. The lowest BCUT2D eigenvalue weighted by molar-refractivity contribution is 0.222. The van der Waals surface area contributed by atoms with E-state index in [0.717, 1.165) is 38.0 Å². The molecule has 2 N–H and O–H groups in total. The predicted octanol–water partition coefficient (Wildman–Crippen LogP) is 3.57. The number of nitrogens with one attached hydrogen (secondary N) is 2. The lowest BCUT2D eigenvalue weighted by Crippen LogP contribution is -2.32. The van der Waals surface area contributed by atoms with Crippen molar-refractivity contribution in [2.75, 3.05) is 26.7 Å². The van der Waals surface area contributed by atoms with Crippen LogP contribution in [0.1, 0.15) is 48.5 Å². The Morgan fingerprint density at radius 1 is 1.19 bits per heavy atom. The maximum atomic E-state index is 14.6. The molecule has 1 unspecified atom stereocenters. The third-order valence-electron chi connectivity index (χ3n) is 5.43. The standard InChI is InChI=1S/C21H28F2N4/c1-3-27-8-6-15(7-9-27)16-4-5-17(20(23)11-16)13-26-21(24-2)18-10-19(22)14-25-12-18/h4-5,10-12,14-15,21,24,26H,3,6-9,13H2,1-2H3. The number of aromatic nitrogens is 1. The van der Waals surface area contributed by atoms with E-state index in [4.69, 9.17) is 0 Å². The third kappa shape index (κ3) is 5.09. The normalized spacial score (nSPS) is 17.2. The Bertz CT molecular complexity index is 745. The fraction of sp³-hybridized carbons (Fsp3) is 0.476. The second-order valence-corrected chi connectivity index (χ2v) is 7.10. The minimum absolute atomic E-state index is 0.190. The first-order chi connectivity index (χ1) is 13.1. The molecule has 2 heterocycles. The SMILES string of the molecule is CCN1CCC(c2ccc(CNC(NC)c3cncc(F)c3)c(F)c2)CC1. The highest BCUT2D eigenvalue weighted by Gasteiger charge is 2.20. The number of pyridine rings is 1. The van der Waals surface area contributed by atoms with Crippen LogP contribution in [-0.2, 0) is 6.54 Å². The number of nitrogens with zero attached hydrogens (tertiary/aromatic N) is 2. The number of hydrogen-bond acceptors (Lipinski definition) is 4. The topological polar surface area (TPSA) is 40.2 Å². The van der Waals surface area contributed by atoms with Crippen molar-refractivity contribution < 1.29 is 8.78 Å². The zero-order valence-corrected chi connectivity index (χ0v) is 16.0. The van der Waals surface area contributed by atoms with Crippen LogP contribution in [-0.4, -0.2) is 36.6 Å². The highest BCUT2D eigenvalue weighted by atomic mass is 19.1. The van der Waals surface area contributed by atoms with Gasteiger partial charge in [-0.3, -0.25) is 10.3 Å². The van der Waals surface area contributed by atoms with Gasteiger partial charge >= 0.3 is 0 Å². The summed E-state index contributed by atoms with van der Waals surface area (Å²) in [6, 6.07) is 7.01. The summed E-state index contributed by atoms with van der Waals surface area (Å²) in [7, 11) is 1.77. The summed E-state index contributed by atoms with van der Waals surface area (Å²) in [5, 5.41) is 6.28. The van der Waals surface area contributed by atoms with Gasteiger partial charge in [-0.15, -0.1) is 0 Å². The van der Waals surface area contributed by atoms with E-state index in [2.05, 4.69) is 27.4 Å². The Balaban J connectivity index is 1.62. The Kier molecular flexibility index (Phi) is 6.88. The molecular weight excluding hydrogens is 346 g/mol. The van der Waals surface area contributed by atoms with Gasteiger partial charge in [-0.25, -0.2) is 8.78 Å². The summed E-state index contributed by atoms with van der Waals surface area (Å²) in [6.45, 7) is 5.77. The van der Waals surface area contributed by atoms with Crippen molar-refractivity contribution in [3.63, 3.8) is 0 Å². The van der Waals surface area contributed by atoms with E-state index >= 15 is 0 Å². The molecule has 1 aromatic carbocycles. The Labute approximate surface area is 160 Å². The van der Waals surface area contributed by atoms with Crippen LogP contribution >= 0.6 is 0 Å². The summed E-state index contributed by atoms with van der Waals surface area (Å²) in [4.78, 5) is 6.30. The van der Waals surface area contributed by atoms with E-state index in [1.54, 1.807) is 19.3 Å². The lowest BCUT2D eigenvalue weighted by Gasteiger charge is -2.31. The van der Waals surface area contributed by atoms with Crippen molar-refractivity contribution >= 4 is 0 Å². The maximum absolute atomic E-state index is 14.6. The molecule has 0 spiro atoms. The van der Waals surface area contributed by atoms with Crippen molar-refractivity contribution in [3.8, 4) is 0 Å². The maximum Gasteiger partial charge on any atom is 0.141 e. The summed E-state index contributed by atoms with van der Waals surface area (Å²) in [5.41, 5.74) is 2.37. The molecular formula is C21H28F2N4. The average Bonchev–Trinajstić information content (AvgIpc) is 2.69. The fourth-order valence-electron chi connectivity index (χ4n) is 3.73. The van der Waals surface area contributed by atoms with Gasteiger partial charge in [0, 0.05) is 23.9 Å². The van der Waals surface area contributed by atoms with Crippen LogP contribution < -0.4 is 10.6 Å². The van der Waals surface area contributed by atoms with Gasteiger partial charge < -0.3 is 10.2 Å². The number of halogens is 2. The van der Waals surface area contributed by atoms with Gasteiger partial charge in [-0.2, -0.15) is 0 Å². The highest BCUT2D eigenvalue weighted by Crippen LogP contribution is 2.29. The van der Waals surface area contributed by atoms with E-state index < -0.39 is 0 Å². The fourth-order valence-corrected chi connectivity index (χ4v) is 3.73. The van der Waals surface area contributed by atoms with Crippen LogP contribution in [0.2, 0.25) is 0 Å². The van der Waals surface area contributed by atoms with Gasteiger partial charge in [-0.05, 0) is 63.1 Å². The van der Waals surface area contributed by atoms with E-state index in [1.807, 2.05) is 12.1 Å². The van der Waals surface area contributed by atoms with Gasteiger partial charge in [-0.1, -0.05) is 19.1 Å². The highest BCUT2D eigenvalue weighted by molar-refractivity contribution is 5.28. The zero-order valence-electron chi connectivity index (χ0n) is 16.0. The minimum Gasteiger partial charge on any atom is -0.304 e. The third-order valence-corrected chi connectivity index (χ3v) is 5.43. The van der Waals surface area contributed by atoms with Crippen molar-refractivity contribution in [2.24, 2.45) is 0 Å². The molecule has 0 radical (unpaired) electrons. The molecule has 1 fully saturated rings. The van der Waals surface area contributed by atoms with Gasteiger partial charge in [0.05, 0.1) is 12.4 Å². The lowest BCUT2D eigenvalue weighted by atomic mass is 9.89. The molecule has 3 rings (SSSR count). The number of rotatable bonds is 7. The van der Waals surface area contributed by atoms with Crippen LogP contribution in [0, 0.1) is 11.6 Å². The van der Waals surface area contributed by atoms with Crippen molar-refractivity contribution in [1.29, 1.82) is 0 Å². The molecule has 1 atom stereocenters. The molecule has 1 saturated heterocycles. The number of hydrogen-bond donors (Lipinski definition) is 2. The number of benzene rings is 1. The van der Waals surface area contributed by atoms with Crippen molar-refractivity contribution in [3.05, 3.63) is 65.0 Å². The van der Waals surface area contributed by atoms with E-state index in [-0.39, 0.29) is 17.8 Å². The predicted molar refractivity (Wildman–Crippen MR) is 103 cm³/mol. The van der Waals surface area contributed by atoms with Crippen LogP contribution in [0.5, 0.6) is 0 Å². The summed E-state index contributed by atoms with van der Waals surface area (Å²) >= 11 is 0. The first-order valence-electron chi connectivity index (χ1n) is 9.62. The van der Waals surface area contributed by atoms with Crippen LogP contribution in [0.15, 0.2) is 36.7 Å². The van der Waals surface area contributed by atoms with E-state index in [0.29, 0.717) is 23.6 Å². The average molecular weight is 374 g/mol. The molecule has 146 valence electrons. The van der Waals surface area contributed by atoms with Crippen LogP contribution in [0.4, 0.5) is 8.78 Å². The first kappa shape index (κ1) is 19.9. The molecule has 1 aliphatic heterocycles. The molecule has 2 aromatic rings. The molecule has 4 nitrogen and oxygen atoms in total. The Morgan fingerprint density at radius 2 is 1.96 bits per heavy atom. The van der Waals surface area contributed by atoms with Gasteiger partial charge in [0.15, 0.2) is 0 Å². The molecule has 27 heavy (non-hydrogen) atoms. The quantitative estimate of drug-likeness (QED) is 0.727. The van der Waals surface area contributed by atoms with E-state index in [9.17, 15) is 8.78 Å². The molecule has 0 amide bonds. The first-order valence-corrected chi connectivity index (χ1v) is 9.62. The van der Waals surface area contributed by atoms with Crippen LogP contribution in [0.3, 0.4) is 0 Å². The second kappa shape index (κ2) is 9.35. The Morgan fingerprint density at radius 3 is 2.59 bits per heavy atom. The molecule has 6 heteroatoms. The van der Waals surface area contributed by atoms with E-state index in [1.165, 1.54) is 12.3 Å². The molecule has 1 aromatic heterocycles. The number of likely N-dealkylation sites (tertiary alicyclic amines) is 1. The smallest absolute Gasteiger partial charge is 0.141 e. The van der Waals surface area contributed by atoms with Gasteiger partial charge in [0.1, 0.15) is 11.6 Å². The van der Waals surface area contributed by atoms with Gasteiger partial charge in [0.25, 0.3) is 0 Å². The molecule has 0 bridgehead atoms. The summed E-state index contributed by atoms with van der Waals surface area (Å²) in [5.74, 6) is -0.142. The van der Waals surface area contributed by atoms with Gasteiger partial charge in [0.2, 0.25) is 0 Å². The largest absolute Gasteiger partial charge is 0.304 e. The van der Waals surface area contributed by atoms with Crippen molar-refractivity contribution in [2.45, 2.75) is 38.4 Å². The molecule has 0 aliphatic carbocycles. The zero-order chi connectivity index (χ0) is 19.2. The second-order valence-electron chi connectivity index (χ2n) is 7.10. The van der Waals surface area contributed by atoms with Crippen molar-refractivity contribution in [1.82, 2.24) is 20.5 Å². The summed E-state index contributed by atoms with van der Waals surface area (Å²) in [6.07, 6.45) is 4.63. The number of piperidine rings is 1. The molecule has 0 saturated carbocycles. The van der Waals surface area contributed by atoms with Crippen LogP contribution in [0.25, 0.3) is 0 Å².